The highest BCUT2D eigenvalue weighted by Crippen LogP contribution is 2.24. The number of benzene rings is 2. The summed E-state index contributed by atoms with van der Waals surface area (Å²) in [7, 11) is 0. The first kappa shape index (κ1) is 19.7. The van der Waals surface area contributed by atoms with E-state index >= 15 is 0 Å². The predicted molar refractivity (Wildman–Crippen MR) is 117 cm³/mol. The molecule has 2 aromatic rings. The van der Waals surface area contributed by atoms with E-state index in [-0.39, 0.29) is 5.82 Å². The Balaban J connectivity index is 1.24. The fourth-order valence-electron chi connectivity index (χ4n) is 4.47. The number of piperazine rings is 1. The summed E-state index contributed by atoms with van der Waals surface area (Å²) in [5, 5.41) is 0. The summed E-state index contributed by atoms with van der Waals surface area (Å²) in [5.41, 5.74) is 2.17. The Morgan fingerprint density at radius 1 is 0.893 bits per heavy atom. The van der Waals surface area contributed by atoms with Crippen molar-refractivity contribution in [2.45, 2.75) is 30.3 Å². The Morgan fingerprint density at radius 3 is 2.21 bits per heavy atom. The monoisotopic (exact) mass is 399 g/mol. The minimum absolute atomic E-state index is 0.102. The fourth-order valence-corrected chi connectivity index (χ4v) is 4.88. The number of para-hydroxylation sites is 1. The first-order valence-corrected chi connectivity index (χ1v) is 11.5. The first-order valence-electron chi connectivity index (χ1n) is 10.3. The van der Waals surface area contributed by atoms with Crippen LogP contribution in [0.3, 0.4) is 0 Å². The molecule has 2 fully saturated rings. The summed E-state index contributed by atoms with van der Waals surface area (Å²) < 4.78 is 14.0. The maximum atomic E-state index is 14.0. The SMILES string of the molecule is CSc1ccc(CN2CCC(N3CCN(c4ccccc4F)CC3)CC2)cc1. The summed E-state index contributed by atoms with van der Waals surface area (Å²) in [6, 6.07) is 16.8. The molecule has 5 heteroatoms. The number of halogens is 1. The van der Waals surface area contributed by atoms with Crippen LogP contribution in [0.25, 0.3) is 0 Å². The van der Waals surface area contributed by atoms with Gasteiger partial charge < -0.3 is 4.90 Å². The van der Waals surface area contributed by atoms with Crippen molar-refractivity contribution < 1.29 is 4.39 Å². The van der Waals surface area contributed by atoms with Crippen molar-refractivity contribution in [3.63, 3.8) is 0 Å². The normalized spacial score (nSPS) is 19.9. The number of rotatable bonds is 5. The molecule has 0 atom stereocenters. The predicted octanol–water partition coefficient (Wildman–Crippen LogP) is 4.33. The minimum atomic E-state index is -0.102. The molecule has 150 valence electrons. The zero-order chi connectivity index (χ0) is 19.3. The van der Waals surface area contributed by atoms with E-state index in [9.17, 15) is 4.39 Å². The second-order valence-electron chi connectivity index (χ2n) is 7.83. The van der Waals surface area contributed by atoms with Gasteiger partial charge in [-0.2, -0.15) is 0 Å². The maximum absolute atomic E-state index is 14.0. The van der Waals surface area contributed by atoms with Crippen LogP contribution in [0.1, 0.15) is 18.4 Å². The van der Waals surface area contributed by atoms with E-state index in [1.54, 1.807) is 23.9 Å². The lowest BCUT2D eigenvalue weighted by atomic mass is 10.0. The summed E-state index contributed by atoms with van der Waals surface area (Å²) >= 11 is 1.80. The molecule has 0 N–H and O–H groups in total. The molecule has 0 unspecified atom stereocenters. The number of hydrogen-bond donors (Lipinski definition) is 0. The number of likely N-dealkylation sites (tertiary alicyclic amines) is 1. The quantitative estimate of drug-likeness (QED) is 0.692. The van der Waals surface area contributed by atoms with Crippen LogP contribution in [0, 0.1) is 5.82 Å². The van der Waals surface area contributed by atoms with E-state index in [2.05, 4.69) is 45.2 Å². The van der Waals surface area contributed by atoms with Gasteiger partial charge in [-0.3, -0.25) is 9.80 Å². The van der Waals surface area contributed by atoms with Crippen molar-refractivity contribution >= 4 is 17.4 Å². The fraction of sp³-hybridized carbons (Fsp3) is 0.478. The molecular weight excluding hydrogens is 369 g/mol. The average molecular weight is 400 g/mol. The van der Waals surface area contributed by atoms with Crippen molar-refractivity contribution in [1.29, 1.82) is 0 Å². The number of anilines is 1. The highest BCUT2D eigenvalue weighted by atomic mass is 32.2. The van der Waals surface area contributed by atoms with Crippen LogP contribution in [-0.2, 0) is 6.54 Å². The highest BCUT2D eigenvalue weighted by molar-refractivity contribution is 7.98. The van der Waals surface area contributed by atoms with E-state index in [1.165, 1.54) is 36.4 Å². The van der Waals surface area contributed by atoms with Gasteiger partial charge in [0, 0.05) is 43.7 Å². The summed E-state index contributed by atoms with van der Waals surface area (Å²) in [6.07, 6.45) is 4.60. The molecule has 0 aliphatic carbocycles. The molecule has 2 aliphatic rings. The van der Waals surface area contributed by atoms with E-state index in [1.807, 2.05) is 12.1 Å². The molecular formula is C23H30FN3S. The first-order chi connectivity index (χ1) is 13.7. The molecule has 2 aromatic carbocycles. The Bertz CT molecular complexity index is 751. The third-order valence-electron chi connectivity index (χ3n) is 6.15. The van der Waals surface area contributed by atoms with Crippen molar-refractivity contribution in [3.05, 3.63) is 59.9 Å². The third kappa shape index (κ3) is 4.70. The third-order valence-corrected chi connectivity index (χ3v) is 6.89. The second-order valence-corrected chi connectivity index (χ2v) is 8.71. The Hall–Kier alpha value is -1.56. The topological polar surface area (TPSA) is 9.72 Å². The van der Waals surface area contributed by atoms with Gasteiger partial charge in [0.2, 0.25) is 0 Å². The highest BCUT2D eigenvalue weighted by Gasteiger charge is 2.28. The van der Waals surface area contributed by atoms with E-state index in [0.29, 0.717) is 6.04 Å². The van der Waals surface area contributed by atoms with Gasteiger partial charge in [0.05, 0.1) is 5.69 Å². The van der Waals surface area contributed by atoms with Crippen LogP contribution in [0.5, 0.6) is 0 Å². The zero-order valence-corrected chi connectivity index (χ0v) is 17.5. The van der Waals surface area contributed by atoms with Crippen LogP contribution >= 0.6 is 11.8 Å². The second kappa shape index (κ2) is 9.29. The minimum Gasteiger partial charge on any atom is -0.367 e. The molecule has 0 saturated carbocycles. The van der Waals surface area contributed by atoms with Crippen LogP contribution < -0.4 is 4.90 Å². The van der Waals surface area contributed by atoms with Crippen LogP contribution in [-0.4, -0.2) is 61.4 Å². The molecule has 0 aromatic heterocycles. The van der Waals surface area contributed by atoms with Crippen molar-refractivity contribution in [2.75, 3.05) is 50.4 Å². The molecule has 28 heavy (non-hydrogen) atoms. The molecule has 0 radical (unpaired) electrons. The molecule has 0 amide bonds. The van der Waals surface area contributed by atoms with Gasteiger partial charge >= 0.3 is 0 Å². The van der Waals surface area contributed by atoms with Gasteiger partial charge in [0.1, 0.15) is 5.82 Å². The summed E-state index contributed by atoms with van der Waals surface area (Å²) in [5.74, 6) is -0.102. The van der Waals surface area contributed by atoms with Gasteiger partial charge in [-0.15, -0.1) is 11.8 Å². The summed E-state index contributed by atoms with van der Waals surface area (Å²) in [6.45, 7) is 7.31. The molecule has 2 saturated heterocycles. The van der Waals surface area contributed by atoms with E-state index < -0.39 is 0 Å². The lowest BCUT2D eigenvalue weighted by Gasteiger charge is -2.43. The van der Waals surface area contributed by atoms with Gasteiger partial charge in [0.25, 0.3) is 0 Å². The molecule has 4 rings (SSSR count). The lowest BCUT2D eigenvalue weighted by Crippen LogP contribution is -2.53. The lowest BCUT2D eigenvalue weighted by molar-refractivity contribution is 0.0997. The summed E-state index contributed by atoms with van der Waals surface area (Å²) in [4.78, 5) is 8.73. The van der Waals surface area contributed by atoms with Gasteiger partial charge in [0.15, 0.2) is 0 Å². The van der Waals surface area contributed by atoms with Crippen LogP contribution in [0.2, 0.25) is 0 Å². The maximum Gasteiger partial charge on any atom is 0.146 e. The Kier molecular flexibility index (Phi) is 6.55. The number of thioether (sulfide) groups is 1. The Morgan fingerprint density at radius 2 is 1.57 bits per heavy atom. The van der Waals surface area contributed by atoms with E-state index in [0.717, 1.165) is 38.4 Å². The molecule has 0 bridgehead atoms. The van der Waals surface area contributed by atoms with Crippen LogP contribution in [0.15, 0.2) is 53.4 Å². The molecule has 0 spiro atoms. The zero-order valence-electron chi connectivity index (χ0n) is 16.7. The molecule has 2 heterocycles. The average Bonchev–Trinajstić information content (AvgIpc) is 2.75. The van der Waals surface area contributed by atoms with Crippen molar-refractivity contribution in [2.24, 2.45) is 0 Å². The van der Waals surface area contributed by atoms with Crippen LogP contribution in [0.4, 0.5) is 10.1 Å². The molecule has 3 nitrogen and oxygen atoms in total. The van der Waals surface area contributed by atoms with E-state index in [4.69, 9.17) is 0 Å². The Labute approximate surface area is 172 Å². The smallest absolute Gasteiger partial charge is 0.146 e. The number of hydrogen-bond acceptors (Lipinski definition) is 4. The largest absolute Gasteiger partial charge is 0.367 e. The van der Waals surface area contributed by atoms with Gasteiger partial charge in [-0.05, 0) is 62.0 Å². The molecule has 2 aliphatic heterocycles. The number of piperidine rings is 1. The standard InChI is InChI=1S/C23H30FN3S/c1-28-21-8-6-19(7-9-21)18-25-12-10-20(11-13-25)26-14-16-27(17-15-26)23-5-3-2-4-22(23)24/h2-9,20H,10-18H2,1H3. The number of nitrogens with zero attached hydrogens (tertiary/aromatic N) is 3. The van der Waals surface area contributed by atoms with Crippen molar-refractivity contribution in [3.8, 4) is 0 Å². The van der Waals surface area contributed by atoms with Crippen molar-refractivity contribution in [1.82, 2.24) is 9.80 Å². The van der Waals surface area contributed by atoms with Gasteiger partial charge in [-0.25, -0.2) is 4.39 Å². The van der Waals surface area contributed by atoms with Gasteiger partial charge in [-0.1, -0.05) is 24.3 Å².